The minimum atomic E-state index is -0.855. The largest absolute Gasteiger partial charge is 0.478 e. The van der Waals surface area contributed by atoms with Gasteiger partial charge < -0.3 is 10.1 Å². The summed E-state index contributed by atoms with van der Waals surface area (Å²) in [5, 5.41) is 9.20. The van der Waals surface area contributed by atoms with Gasteiger partial charge >= 0.3 is 5.97 Å². The van der Waals surface area contributed by atoms with Crippen LogP contribution >= 0.6 is 0 Å². The number of aromatic carboxylic acids is 1. The van der Waals surface area contributed by atoms with E-state index >= 15 is 0 Å². The van der Waals surface area contributed by atoms with Crippen molar-refractivity contribution in [1.82, 2.24) is 14.9 Å². The topological polar surface area (TPSA) is 69.2 Å². The van der Waals surface area contributed by atoms with Gasteiger partial charge in [-0.2, -0.15) is 0 Å². The zero-order valence-electron chi connectivity index (χ0n) is 14.9. The highest BCUT2D eigenvalue weighted by atomic mass is 16.4. The van der Waals surface area contributed by atoms with E-state index in [-0.39, 0.29) is 0 Å². The minimum absolute atomic E-state index is 0.378. The third kappa shape index (κ3) is 4.69. The number of H-pyrrole nitrogens is 1. The van der Waals surface area contributed by atoms with Crippen LogP contribution in [0.15, 0.2) is 30.5 Å². The third-order valence-corrected chi connectivity index (χ3v) is 4.95. The predicted octanol–water partition coefficient (Wildman–Crippen LogP) is 3.83. The molecular weight excluding hydrogens is 314 g/mol. The Labute approximate surface area is 149 Å². The van der Waals surface area contributed by atoms with Crippen molar-refractivity contribution in [3.8, 4) is 0 Å². The van der Waals surface area contributed by atoms with Crippen LogP contribution in [0.5, 0.6) is 0 Å². The standard InChI is InChI=1S/C20H27N3O2/c1-2-3-9-19-21-12-18(22-19)14-23-10-5-8-17(13-23)15-6-4-7-16(11-15)20(24)25/h4,6-7,11-12,17H,2-3,5,8-10,13-14H2,1H3,(H,21,22)(H,24,25)/t17-/m0/s1. The first-order chi connectivity index (χ1) is 12.2. The van der Waals surface area contributed by atoms with Crippen LogP contribution in [0.1, 0.15) is 66.0 Å². The molecule has 1 aromatic carbocycles. The molecule has 0 radical (unpaired) electrons. The summed E-state index contributed by atoms with van der Waals surface area (Å²) in [5.41, 5.74) is 2.69. The number of carboxylic acid groups (broad SMARTS) is 1. The molecule has 3 rings (SSSR count). The average molecular weight is 341 g/mol. The first kappa shape index (κ1) is 17.7. The van der Waals surface area contributed by atoms with Gasteiger partial charge in [0.2, 0.25) is 0 Å². The monoisotopic (exact) mass is 341 g/mol. The molecule has 2 N–H and O–H groups in total. The Morgan fingerprint density at radius 3 is 3.12 bits per heavy atom. The molecule has 134 valence electrons. The van der Waals surface area contributed by atoms with Crippen molar-refractivity contribution in [2.45, 2.75) is 51.5 Å². The second-order valence-corrected chi connectivity index (χ2v) is 6.96. The van der Waals surface area contributed by atoms with E-state index in [1.807, 2.05) is 18.3 Å². The minimum Gasteiger partial charge on any atom is -0.478 e. The van der Waals surface area contributed by atoms with E-state index in [4.69, 9.17) is 0 Å². The van der Waals surface area contributed by atoms with Gasteiger partial charge in [-0.1, -0.05) is 25.5 Å². The number of nitrogens with zero attached hydrogens (tertiary/aromatic N) is 2. The first-order valence-electron chi connectivity index (χ1n) is 9.24. The van der Waals surface area contributed by atoms with Crippen molar-refractivity contribution in [3.05, 3.63) is 53.1 Å². The van der Waals surface area contributed by atoms with Gasteiger partial charge in [-0.3, -0.25) is 4.90 Å². The molecule has 0 unspecified atom stereocenters. The molecule has 0 amide bonds. The van der Waals surface area contributed by atoms with Crippen molar-refractivity contribution in [3.63, 3.8) is 0 Å². The number of imidazole rings is 1. The van der Waals surface area contributed by atoms with E-state index in [1.165, 1.54) is 18.5 Å². The van der Waals surface area contributed by atoms with Gasteiger partial charge in [-0.25, -0.2) is 9.78 Å². The second kappa shape index (κ2) is 8.30. The van der Waals surface area contributed by atoms with Crippen LogP contribution in [0.2, 0.25) is 0 Å². The number of rotatable bonds is 7. The normalized spacial score (nSPS) is 18.4. The van der Waals surface area contributed by atoms with Crippen LogP contribution in [-0.4, -0.2) is 39.0 Å². The predicted molar refractivity (Wildman–Crippen MR) is 97.9 cm³/mol. The van der Waals surface area contributed by atoms with Gasteiger partial charge in [-0.05, 0) is 49.4 Å². The van der Waals surface area contributed by atoms with Gasteiger partial charge in [0.05, 0.1) is 5.56 Å². The summed E-state index contributed by atoms with van der Waals surface area (Å²) in [7, 11) is 0. The Balaban J connectivity index is 1.62. The lowest BCUT2D eigenvalue weighted by atomic mass is 9.89. The van der Waals surface area contributed by atoms with Gasteiger partial charge in [0.25, 0.3) is 0 Å². The molecule has 1 saturated heterocycles. The number of piperidine rings is 1. The highest BCUT2D eigenvalue weighted by Gasteiger charge is 2.22. The Hall–Kier alpha value is -2.14. The Kier molecular flexibility index (Phi) is 5.87. The maximum absolute atomic E-state index is 11.2. The Morgan fingerprint density at radius 2 is 2.32 bits per heavy atom. The van der Waals surface area contributed by atoms with Crippen LogP contribution in [0.4, 0.5) is 0 Å². The number of carbonyl (C=O) groups is 1. The van der Waals surface area contributed by atoms with Gasteiger partial charge in [-0.15, -0.1) is 0 Å². The first-order valence-corrected chi connectivity index (χ1v) is 9.24. The van der Waals surface area contributed by atoms with Crippen molar-refractivity contribution in [1.29, 1.82) is 0 Å². The van der Waals surface area contributed by atoms with Crippen LogP contribution in [0.25, 0.3) is 0 Å². The molecule has 1 fully saturated rings. The summed E-state index contributed by atoms with van der Waals surface area (Å²) >= 11 is 0. The molecule has 0 spiro atoms. The molecule has 1 aliphatic rings. The number of unbranched alkanes of at least 4 members (excludes halogenated alkanes) is 1. The average Bonchev–Trinajstić information content (AvgIpc) is 3.07. The number of hydrogen-bond donors (Lipinski definition) is 2. The molecule has 2 aromatic rings. The summed E-state index contributed by atoms with van der Waals surface area (Å²) in [5.74, 6) is 0.627. The highest BCUT2D eigenvalue weighted by molar-refractivity contribution is 5.87. The molecule has 2 heterocycles. The number of likely N-dealkylation sites (tertiary alicyclic amines) is 1. The lowest BCUT2D eigenvalue weighted by Gasteiger charge is -2.32. The number of benzene rings is 1. The molecule has 0 saturated carbocycles. The van der Waals surface area contributed by atoms with Gasteiger partial charge in [0.15, 0.2) is 0 Å². The summed E-state index contributed by atoms with van der Waals surface area (Å²) in [4.78, 5) is 21.6. The van der Waals surface area contributed by atoms with Crippen LogP contribution in [-0.2, 0) is 13.0 Å². The molecule has 0 bridgehead atoms. The van der Waals surface area contributed by atoms with Crippen molar-refractivity contribution in [2.75, 3.05) is 13.1 Å². The van der Waals surface area contributed by atoms with Crippen LogP contribution in [0, 0.1) is 0 Å². The highest BCUT2D eigenvalue weighted by Crippen LogP contribution is 2.28. The fourth-order valence-electron chi connectivity index (χ4n) is 3.60. The second-order valence-electron chi connectivity index (χ2n) is 6.96. The molecule has 0 aliphatic carbocycles. The van der Waals surface area contributed by atoms with E-state index in [0.29, 0.717) is 11.5 Å². The quantitative estimate of drug-likeness (QED) is 0.803. The van der Waals surface area contributed by atoms with Gasteiger partial charge in [0, 0.05) is 31.4 Å². The fourth-order valence-corrected chi connectivity index (χ4v) is 3.60. The fraction of sp³-hybridized carbons (Fsp3) is 0.500. The summed E-state index contributed by atoms with van der Waals surface area (Å²) in [6, 6.07) is 7.40. The zero-order chi connectivity index (χ0) is 17.6. The number of carboxylic acids is 1. The van der Waals surface area contributed by atoms with Crippen molar-refractivity contribution in [2.24, 2.45) is 0 Å². The van der Waals surface area contributed by atoms with Crippen LogP contribution < -0.4 is 0 Å². The number of aryl methyl sites for hydroxylation is 1. The smallest absolute Gasteiger partial charge is 0.335 e. The van der Waals surface area contributed by atoms with E-state index < -0.39 is 5.97 Å². The number of aromatic amines is 1. The number of hydrogen-bond acceptors (Lipinski definition) is 3. The zero-order valence-corrected chi connectivity index (χ0v) is 14.9. The van der Waals surface area contributed by atoms with Gasteiger partial charge in [0.1, 0.15) is 5.82 Å². The lowest BCUT2D eigenvalue weighted by molar-refractivity contribution is 0.0696. The summed E-state index contributed by atoms with van der Waals surface area (Å²) < 4.78 is 0. The van der Waals surface area contributed by atoms with E-state index in [0.717, 1.165) is 50.3 Å². The maximum Gasteiger partial charge on any atom is 0.335 e. The third-order valence-electron chi connectivity index (χ3n) is 4.95. The van der Waals surface area contributed by atoms with Crippen molar-refractivity contribution >= 4 is 5.97 Å². The molecule has 1 atom stereocenters. The van der Waals surface area contributed by atoms with Crippen LogP contribution in [0.3, 0.4) is 0 Å². The maximum atomic E-state index is 11.2. The Morgan fingerprint density at radius 1 is 1.44 bits per heavy atom. The van der Waals surface area contributed by atoms with E-state index in [2.05, 4.69) is 27.9 Å². The number of aromatic nitrogens is 2. The van der Waals surface area contributed by atoms with Crippen molar-refractivity contribution < 1.29 is 9.90 Å². The molecular formula is C20H27N3O2. The molecule has 25 heavy (non-hydrogen) atoms. The molecule has 5 nitrogen and oxygen atoms in total. The molecule has 5 heteroatoms. The Bertz CT molecular complexity index is 710. The molecule has 1 aromatic heterocycles. The lowest BCUT2D eigenvalue weighted by Crippen LogP contribution is -2.34. The molecule has 1 aliphatic heterocycles. The van der Waals surface area contributed by atoms with E-state index in [9.17, 15) is 9.90 Å². The van der Waals surface area contributed by atoms with E-state index in [1.54, 1.807) is 6.07 Å². The number of nitrogens with one attached hydrogen (secondary N) is 1. The summed E-state index contributed by atoms with van der Waals surface area (Å²) in [6.07, 6.45) is 7.57. The summed E-state index contributed by atoms with van der Waals surface area (Å²) in [6.45, 7) is 5.12. The SMILES string of the molecule is CCCCc1ncc(CN2CCC[C@H](c3cccc(C(=O)O)c3)C2)[nH]1.